The standard InChI is InChI=1S/C14H20O/c1-2-4-11-7-9-12(10-8-11)13-5-3-6-14(13)15/h7-10,13-15H,2-6H2,1H3. The molecule has 2 atom stereocenters. The van der Waals surface area contributed by atoms with Crippen LogP contribution in [-0.4, -0.2) is 11.2 Å². The largest absolute Gasteiger partial charge is 0.392 e. The zero-order valence-electron chi connectivity index (χ0n) is 9.45. The quantitative estimate of drug-likeness (QED) is 0.801. The third kappa shape index (κ3) is 2.40. The number of aliphatic hydroxyl groups excluding tert-OH is 1. The Morgan fingerprint density at radius 3 is 2.47 bits per heavy atom. The Morgan fingerprint density at radius 1 is 1.20 bits per heavy atom. The number of benzene rings is 1. The van der Waals surface area contributed by atoms with Crippen molar-refractivity contribution in [3.8, 4) is 0 Å². The lowest BCUT2D eigenvalue weighted by Crippen LogP contribution is -2.10. The molecule has 1 saturated carbocycles. The fourth-order valence-electron chi connectivity index (χ4n) is 2.55. The first kappa shape index (κ1) is 10.7. The van der Waals surface area contributed by atoms with Crippen LogP contribution in [0.25, 0.3) is 0 Å². The highest BCUT2D eigenvalue weighted by atomic mass is 16.3. The molecule has 15 heavy (non-hydrogen) atoms. The van der Waals surface area contributed by atoms with E-state index in [9.17, 15) is 5.11 Å². The molecule has 0 heterocycles. The Balaban J connectivity index is 2.09. The monoisotopic (exact) mass is 204 g/mol. The number of aliphatic hydroxyl groups is 1. The predicted molar refractivity (Wildman–Crippen MR) is 63.0 cm³/mol. The van der Waals surface area contributed by atoms with Crippen molar-refractivity contribution in [2.45, 2.75) is 51.0 Å². The fourth-order valence-corrected chi connectivity index (χ4v) is 2.55. The molecule has 0 bridgehead atoms. The maximum atomic E-state index is 9.82. The van der Waals surface area contributed by atoms with Crippen LogP contribution in [0.1, 0.15) is 49.7 Å². The summed E-state index contributed by atoms with van der Waals surface area (Å²) in [7, 11) is 0. The summed E-state index contributed by atoms with van der Waals surface area (Å²) in [6.07, 6.45) is 5.54. The van der Waals surface area contributed by atoms with Crippen molar-refractivity contribution in [2.75, 3.05) is 0 Å². The van der Waals surface area contributed by atoms with E-state index in [4.69, 9.17) is 0 Å². The lowest BCUT2D eigenvalue weighted by molar-refractivity contribution is 0.164. The summed E-state index contributed by atoms with van der Waals surface area (Å²) in [5.41, 5.74) is 2.73. The van der Waals surface area contributed by atoms with Crippen LogP contribution in [-0.2, 0) is 6.42 Å². The molecule has 1 aliphatic carbocycles. The first-order chi connectivity index (χ1) is 7.31. The molecule has 0 amide bonds. The number of hydrogen-bond donors (Lipinski definition) is 1. The van der Waals surface area contributed by atoms with Gasteiger partial charge in [-0.2, -0.15) is 0 Å². The molecule has 0 saturated heterocycles. The van der Waals surface area contributed by atoms with Gasteiger partial charge in [0.15, 0.2) is 0 Å². The van der Waals surface area contributed by atoms with Gasteiger partial charge >= 0.3 is 0 Å². The smallest absolute Gasteiger partial charge is 0.0608 e. The highest BCUT2D eigenvalue weighted by molar-refractivity contribution is 5.27. The number of hydrogen-bond acceptors (Lipinski definition) is 1. The van der Waals surface area contributed by atoms with Gasteiger partial charge in [-0.15, -0.1) is 0 Å². The summed E-state index contributed by atoms with van der Waals surface area (Å²) in [4.78, 5) is 0. The summed E-state index contributed by atoms with van der Waals surface area (Å²) in [5.74, 6) is 0.390. The van der Waals surface area contributed by atoms with E-state index in [0.29, 0.717) is 5.92 Å². The van der Waals surface area contributed by atoms with E-state index in [1.54, 1.807) is 0 Å². The van der Waals surface area contributed by atoms with Crippen molar-refractivity contribution in [3.63, 3.8) is 0 Å². The molecule has 1 N–H and O–H groups in total. The van der Waals surface area contributed by atoms with Gasteiger partial charge in [0.25, 0.3) is 0 Å². The zero-order valence-corrected chi connectivity index (χ0v) is 9.45. The first-order valence-electron chi connectivity index (χ1n) is 6.08. The molecule has 1 heteroatoms. The number of aryl methyl sites for hydroxylation is 1. The molecule has 1 fully saturated rings. The fraction of sp³-hybridized carbons (Fsp3) is 0.571. The van der Waals surface area contributed by atoms with Crippen molar-refractivity contribution in [2.24, 2.45) is 0 Å². The second kappa shape index (κ2) is 4.80. The summed E-state index contributed by atoms with van der Waals surface area (Å²) < 4.78 is 0. The highest BCUT2D eigenvalue weighted by Crippen LogP contribution is 2.34. The van der Waals surface area contributed by atoms with Gasteiger partial charge in [0.05, 0.1) is 6.10 Å². The molecule has 1 aromatic carbocycles. The van der Waals surface area contributed by atoms with Gasteiger partial charge in [0, 0.05) is 5.92 Å². The van der Waals surface area contributed by atoms with Crippen LogP contribution < -0.4 is 0 Å². The maximum Gasteiger partial charge on any atom is 0.0608 e. The molecule has 2 unspecified atom stereocenters. The zero-order chi connectivity index (χ0) is 10.7. The first-order valence-corrected chi connectivity index (χ1v) is 6.08. The van der Waals surface area contributed by atoms with E-state index in [1.165, 1.54) is 24.0 Å². The van der Waals surface area contributed by atoms with Crippen LogP contribution in [0.3, 0.4) is 0 Å². The van der Waals surface area contributed by atoms with Crippen molar-refractivity contribution in [1.82, 2.24) is 0 Å². The third-order valence-electron chi connectivity index (χ3n) is 3.43. The Kier molecular flexibility index (Phi) is 3.42. The molecule has 1 nitrogen and oxygen atoms in total. The number of rotatable bonds is 3. The molecule has 0 spiro atoms. The van der Waals surface area contributed by atoms with Crippen LogP contribution in [0.4, 0.5) is 0 Å². The van der Waals surface area contributed by atoms with Crippen LogP contribution in [0.5, 0.6) is 0 Å². The van der Waals surface area contributed by atoms with Gasteiger partial charge in [0.2, 0.25) is 0 Å². The van der Waals surface area contributed by atoms with Crippen LogP contribution in [0.2, 0.25) is 0 Å². The van der Waals surface area contributed by atoms with Gasteiger partial charge < -0.3 is 5.11 Å². The summed E-state index contributed by atoms with van der Waals surface area (Å²) in [6, 6.07) is 8.82. The third-order valence-corrected chi connectivity index (χ3v) is 3.43. The van der Waals surface area contributed by atoms with Crippen molar-refractivity contribution in [1.29, 1.82) is 0 Å². The summed E-state index contributed by atoms with van der Waals surface area (Å²) in [5, 5.41) is 9.82. The van der Waals surface area contributed by atoms with E-state index < -0.39 is 0 Å². The van der Waals surface area contributed by atoms with Crippen LogP contribution >= 0.6 is 0 Å². The maximum absolute atomic E-state index is 9.82. The SMILES string of the molecule is CCCc1ccc(C2CCCC2O)cc1. The second-order valence-corrected chi connectivity index (χ2v) is 4.60. The van der Waals surface area contributed by atoms with E-state index in [2.05, 4.69) is 31.2 Å². The predicted octanol–water partition coefficient (Wildman–Crippen LogP) is 3.27. The Labute approximate surface area is 92.1 Å². The minimum Gasteiger partial charge on any atom is -0.392 e. The molecular formula is C14H20O. The summed E-state index contributed by atoms with van der Waals surface area (Å²) >= 11 is 0. The minimum absolute atomic E-state index is 0.109. The second-order valence-electron chi connectivity index (χ2n) is 4.60. The average Bonchev–Trinajstić information content (AvgIpc) is 2.66. The molecular weight excluding hydrogens is 184 g/mol. The topological polar surface area (TPSA) is 20.2 Å². The van der Waals surface area contributed by atoms with Crippen molar-refractivity contribution >= 4 is 0 Å². The Morgan fingerprint density at radius 2 is 1.93 bits per heavy atom. The Hall–Kier alpha value is -0.820. The molecule has 82 valence electrons. The van der Waals surface area contributed by atoms with Crippen LogP contribution in [0, 0.1) is 0 Å². The van der Waals surface area contributed by atoms with E-state index in [-0.39, 0.29) is 6.10 Å². The lowest BCUT2D eigenvalue weighted by Gasteiger charge is -2.15. The normalized spacial score (nSPS) is 25.7. The van der Waals surface area contributed by atoms with Gasteiger partial charge in [-0.3, -0.25) is 0 Å². The van der Waals surface area contributed by atoms with E-state index in [1.807, 2.05) is 0 Å². The van der Waals surface area contributed by atoms with E-state index >= 15 is 0 Å². The van der Waals surface area contributed by atoms with Crippen molar-refractivity contribution < 1.29 is 5.11 Å². The van der Waals surface area contributed by atoms with Gasteiger partial charge in [-0.05, 0) is 30.4 Å². The lowest BCUT2D eigenvalue weighted by atomic mass is 9.94. The molecule has 0 radical (unpaired) electrons. The molecule has 2 rings (SSSR count). The highest BCUT2D eigenvalue weighted by Gasteiger charge is 2.26. The summed E-state index contributed by atoms with van der Waals surface area (Å²) in [6.45, 7) is 2.20. The average molecular weight is 204 g/mol. The minimum atomic E-state index is -0.109. The van der Waals surface area contributed by atoms with Crippen molar-refractivity contribution in [3.05, 3.63) is 35.4 Å². The van der Waals surface area contributed by atoms with Gasteiger partial charge in [-0.25, -0.2) is 0 Å². The molecule has 0 aliphatic heterocycles. The molecule has 0 aromatic heterocycles. The van der Waals surface area contributed by atoms with Crippen LogP contribution in [0.15, 0.2) is 24.3 Å². The van der Waals surface area contributed by atoms with Gasteiger partial charge in [-0.1, -0.05) is 44.0 Å². The molecule has 1 aromatic rings. The molecule has 1 aliphatic rings. The van der Waals surface area contributed by atoms with E-state index in [0.717, 1.165) is 19.3 Å². The Bertz CT molecular complexity index is 302. The van der Waals surface area contributed by atoms with Gasteiger partial charge in [0.1, 0.15) is 0 Å².